The number of piperidine rings is 1. The Morgan fingerprint density at radius 2 is 2.00 bits per heavy atom. The molecule has 2 aliphatic heterocycles. The molecule has 2 aliphatic carbocycles. The molecule has 190 valence electrons. The SMILES string of the molecule is CCOC(=O)c1ccc(COC2C=C[C@H]3[C@H]4Cc5ccc(OCOC)c6c5[C@@]3(CCN4C)C2O6)cc1. The molecular weight excluding hydrogens is 458 g/mol. The van der Waals surface area contributed by atoms with Crippen LogP contribution in [0.25, 0.3) is 0 Å². The molecule has 0 radical (unpaired) electrons. The molecule has 2 aromatic carbocycles. The molecule has 0 saturated carbocycles. The van der Waals surface area contributed by atoms with E-state index in [2.05, 4.69) is 30.2 Å². The zero-order chi connectivity index (χ0) is 24.9. The van der Waals surface area contributed by atoms with Gasteiger partial charge in [-0.05, 0) is 62.7 Å². The van der Waals surface area contributed by atoms with Crippen LogP contribution in [0, 0.1) is 5.92 Å². The predicted octanol–water partition coefficient (Wildman–Crippen LogP) is 3.88. The third-order valence-corrected chi connectivity index (χ3v) is 8.35. The first-order chi connectivity index (χ1) is 17.6. The van der Waals surface area contributed by atoms with Gasteiger partial charge in [0, 0.05) is 30.0 Å². The number of rotatable bonds is 8. The third kappa shape index (κ3) is 3.56. The second kappa shape index (κ2) is 9.21. The van der Waals surface area contributed by atoms with Crippen LogP contribution in [0.4, 0.5) is 0 Å². The van der Waals surface area contributed by atoms with Crippen molar-refractivity contribution in [1.82, 2.24) is 4.90 Å². The summed E-state index contributed by atoms with van der Waals surface area (Å²) in [6, 6.07) is 12.1. The lowest BCUT2D eigenvalue weighted by atomic mass is 9.53. The van der Waals surface area contributed by atoms with Crippen LogP contribution in [0.3, 0.4) is 0 Å². The first kappa shape index (κ1) is 23.5. The summed E-state index contributed by atoms with van der Waals surface area (Å²) in [6.07, 6.45) is 6.28. The van der Waals surface area contributed by atoms with Crippen LogP contribution >= 0.6 is 0 Å². The zero-order valence-electron chi connectivity index (χ0n) is 21.1. The number of likely N-dealkylation sites (tertiary alicyclic amines) is 1. The molecule has 1 fully saturated rings. The van der Waals surface area contributed by atoms with Gasteiger partial charge in [-0.25, -0.2) is 4.79 Å². The summed E-state index contributed by atoms with van der Waals surface area (Å²) in [5.41, 5.74) is 4.09. The van der Waals surface area contributed by atoms with E-state index in [1.807, 2.05) is 18.2 Å². The number of methoxy groups -OCH3 is 1. The molecule has 7 heteroatoms. The lowest BCUT2D eigenvalue weighted by Gasteiger charge is -2.56. The number of likely N-dealkylation sites (N-methyl/N-ethyl adjacent to an activating group) is 1. The molecule has 0 N–H and O–H groups in total. The van der Waals surface area contributed by atoms with Crippen molar-refractivity contribution >= 4 is 5.97 Å². The Morgan fingerprint density at radius 3 is 2.78 bits per heavy atom. The van der Waals surface area contributed by atoms with Crippen molar-refractivity contribution in [3.05, 3.63) is 70.8 Å². The Hall–Kier alpha value is -2.87. The first-order valence-electron chi connectivity index (χ1n) is 12.8. The first-order valence-corrected chi connectivity index (χ1v) is 12.8. The monoisotopic (exact) mass is 491 g/mol. The lowest BCUT2D eigenvalue weighted by Crippen LogP contribution is -2.65. The molecule has 1 saturated heterocycles. The lowest BCUT2D eigenvalue weighted by molar-refractivity contribution is -0.0757. The van der Waals surface area contributed by atoms with Gasteiger partial charge in [0.15, 0.2) is 18.3 Å². The molecule has 1 spiro atoms. The number of hydrogen-bond acceptors (Lipinski definition) is 7. The fourth-order valence-electron chi connectivity index (χ4n) is 6.73. The van der Waals surface area contributed by atoms with Gasteiger partial charge in [-0.15, -0.1) is 0 Å². The molecule has 0 amide bonds. The number of benzene rings is 2. The van der Waals surface area contributed by atoms with E-state index in [0.717, 1.165) is 36.4 Å². The normalized spacial score (nSPS) is 29.4. The van der Waals surface area contributed by atoms with Crippen molar-refractivity contribution in [1.29, 1.82) is 0 Å². The van der Waals surface area contributed by atoms with E-state index in [1.165, 1.54) is 11.1 Å². The summed E-state index contributed by atoms with van der Waals surface area (Å²) in [5.74, 6) is 1.66. The molecule has 6 rings (SSSR count). The van der Waals surface area contributed by atoms with Gasteiger partial charge in [0.05, 0.1) is 18.8 Å². The van der Waals surface area contributed by atoms with Crippen LogP contribution in [0.5, 0.6) is 11.5 Å². The van der Waals surface area contributed by atoms with Crippen molar-refractivity contribution < 1.29 is 28.5 Å². The fourth-order valence-corrected chi connectivity index (χ4v) is 6.73. The van der Waals surface area contributed by atoms with Gasteiger partial charge < -0.3 is 28.6 Å². The Morgan fingerprint density at radius 1 is 1.17 bits per heavy atom. The maximum Gasteiger partial charge on any atom is 0.338 e. The second-order valence-electron chi connectivity index (χ2n) is 10.2. The van der Waals surface area contributed by atoms with Crippen LogP contribution in [0.1, 0.15) is 40.4 Å². The predicted molar refractivity (Wildman–Crippen MR) is 133 cm³/mol. The molecule has 2 unspecified atom stereocenters. The number of esters is 1. The number of carbonyl (C=O) groups is 1. The zero-order valence-corrected chi connectivity index (χ0v) is 21.1. The van der Waals surface area contributed by atoms with Crippen LogP contribution in [-0.4, -0.2) is 63.2 Å². The highest BCUT2D eigenvalue weighted by atomic mass is 16.7. The summed E-state index contributed by atoms with van der Waals surface area (Å²) in [6.45, 7) is 3.80. The summed E-state index contributed by atoms with van der Waals surface area (Å²) in [5, 5.41) is 0. The van der Waals surface area contributed by atoms with Crippen molar-refractivity contribution in [2.75, 3.05) is 34.1 Å². The quantitative estimate of drug-likeness (QED) is 0.315. The van der Waals surface area contributed by atoms with E-state index in [4.69, 9.17) is 23.7 Å². The number of ether oxygens (including phenoxy) is 5. The highest BCUT2D eigenvalue weighted by molar-refractivity contribution is 5.89. The van der Waals surface area contributed by atoms with Gasteiger partial charge in [-0.3, -0.25) is 0 Å². The van der Waals surface area contributed by atoms with E-state index in [9.17, 15) is 4.79 Å². The van der Waals surface area contributed by atoms with E-state index < -0.39 is 0 Å². The van der Waals surface area contributed by atoms with E-state index in [0.29, 0.717) is 30.7 Å². The van der Waals surface area contributed by atoms with E-state index in [1.54, 1.807) is 26.2 Å². The molecular formula is C29H33NO6. The van der Waals surface area contributed by atoms with Gasteiger partial charge in [0.25, 0.3) is 0 Å². The minimum Gasteiger partial charge on any atom is -0.482 e. The molecule has 2 heterocycles. The molecule has 2 aromatic rings. The molecule has 5 atom stereocenters. The highest BCUT2D eigenvalue weighted by Gasteiger charge is 2.64. The third-order valence-electron chi connectivity index (χ3n) is 8.35. The number of hydrogen-bond donors (Lipinski definition) is 0. The second-order valence-corrected chi connectivity index (χ2v) is 10.2. The highest BCUT2D eigenvalue weighted by Crippen LogP contribution is 2.62. The Bertz CT molecular complexity index is 1180. The van der Waals surface area contributed by atoms with Crippen LogP contribution in [0.2, 0.25) is 0 Å². The summed E-state index contributed by atoms with van der Waals surface area (Å²) >= 11 is 0. The minimum absolute atomic E-state index is 0.121. The standard InChI is InChI=1S/C29H33NO6/c1-4-33-28(31)19-7-5-18(6-8-19)16-34-24-12-10-21-22-15-20-9-11-23(35-17-32-3)26-25(20)29(21,27(24)36-26)13-14-30(22)2/h5-12,21-22,24,27H,4,13-17H2,1-3H3/t21-,22+,24?,27?,29-/m0/s1. The van der Waals surface area contributed by atoms with Gasteiger partial charge in [-0.1, -0.05) is 30.4 Å². The van der Waals surface area contributed by atoms with Gasteiger partial charge in [-0.2, -0.15) is 0 Å². The number of carbonyl (C=O) groups excluding carboxylic acids is 1. The Balaban J connectivity index is 1.29. The summed E-state index contributed by atoms with van der Waals surface area (Å²) in [4.78, 5) is 14.5. The van der Waals surface area contributed by atoms with Crippen molar-refractivity contribution in [3.8, 4) is 11.5 Å². The van der Waals surface area contributed by atoms with E-state index in [-0.39, 0.29) is 30.4 Å². The summed E-state index contributed by atoms with van der Waals surface area (Å²) in [7, 11) is 3.86. The molecule has 2 bridgehead atoms. The molecule has 4 aliphatic rings. The Labute approximate surface area is 211 Å². The molecule has 36 heavy (non-hydrogen) atoms. The maximum absolute atomic E-state index is 12.0. The van der Waals surface area contributed by atoms with Gasteiger partial charge in [0.1, 0.15) is 12.2 Å². The van der Waals surface area contributed by atoms with Crippen LogP contribution in [0.15, 0.2) is 48.6 Å². The summed E-state index contributed by atoms with van der Waals surface area (Å²) < 4.78 is 29.5. The fraction of sp³-hybridized carbons (Fsp3) is 0.483. The molecule has 7 nitrogen and oxygen atoms in total. The number of nitrogens with zero attached hydrogens (tertiary/aromatic N) is 1. The van der Waals surface area contributed by atoms with E-state index >= 15 is 0 Å². The Kier molecular flexibility index (Phi) is 6.02. The molecule has 0 aromatic heterocycles. The van der Waals surface area contributed by atoms with Crippen molar-refractivity contribution in [3.63, 3.8) is 0 Å². The van der Waals surface area contributed by atoms with Crippen molar-refractivity contribution in [2.24, 2.45) is 5.92 Å². The minimum atomic E-state index is -0.307. The maximum atomic E-state index is 12.0. The average molecular weight is 492 g/mol. The smallest absolute Gasteiger partial charge is 0.338 e. The van der Waals surface area contributed by atoms with Crippen molar-refractivity contribution in [2.45, 2.75) is 50.0 Å². The van der Waals surface area contributed by atoms with Gasteiger partial charge in [0.2, 0.25) is 0 Å². The van der Waals surface area contributed by atoms with Gasteiger partial charge >= 0.3 is 5.97 Å². The van der Waals surface area contributed by atoms with Crippen LogP contribution < -0.4 is 9.47 Å². The van der Waals surface area contributed by atoms with Crippen LogP contribution in [-0.2, 0) is 32.7 Å². The largest absolute Gasteiger partial charge is 0.482 e. The average Bonchev–Trinajstić information content (AvgIpc) is 3.25. The topological polar surface area (TPSA) is 66.5 Å².